The van der Waals surface area contributed by atoms with Gasteiger partial charge in [0.2, 0.25) is 0 Å². The summed E-state index contributed by atoms with van der Waals surface area (Å²) in [6.45, 7) is 17.7. The summed E-state index contributed by atoms with van der Waals surface area (Å²) in [5.41, 5.74) is 11.5. The van der Waals surface area contributed by atoms with Gasteiger partial charge in [-0.15, -0.1) is 0 Å². The van der Waals surface area contributed by atoms with Gasteiger partial charge in [-0.2, -0.15) is 0 Å². The number of fused-ring (bicyclic) bond motifs is 2. The van der Waals surface area contributed by atoms with Crippen molar-refractivity contribution < 1.29 is 61.2 Å². The second-order valence-corrected chi connectivity index (χ2v) is 14.0. The molecular weight excluding hydrogens is 747 g/mol. The van der Waals surface area contributed by atoms with Crippen molar-refractivity contribution in [3.05, 3.63) is 74.8 Å². The average Bonchev–Trinajstić information content (AvgIpc) is 3.65. The maximum absolute atomic E-state index is 12.5. The molecule has 4 rings (SSSR count). The predicted molar refractivity (Wildman–Crippen MR) is 223 cm³/mol. The second kappa shape index (κ2) is 24.8. The Morgan fingerprint density at radius 2 is 1.07 bits per heavy atom. The van der Waals surface area contributed by atoms with E-state index in [-0.39, 0.29) is 19.2 Å². The highest BCUT2D eigenvalue weighted by Crippen LogP contribution is 2.47. The molecule has 324 valence electrons. The first-order valence-electron chi connectivity index (χ1n) is 20.6. The van der Waals surface area contributed by atoms with Gasteiger partial charge in [-0.25, -0.2) is 4.79 Å². The number of methoxy groups -OCH3 is 3. The zero-order chi connectivity index (χ0) is 41.9. The summed E-state index contributed by atoms with van der Waals surface area (Å²) in [5.74, 6) is -0.377. The SMILES string of the molecule is CCC1=C(C)C2=C(c3ccc(C(=O)OC)cc3)c3c(C)c(CC)c(C)n3[B-](OCCOCCOCCOCCOC)(OCCOCCOCCOCCOC)[N+]2=C1C. The molecule has 0 fully saturated rings. The van der Waals surface area contributed by atoms with Gasteiger partial charge in [0, 0.05) is 51.2 Å². The number of rotatable bonds is 30. The zero-order valence-electron chi connectivity index (χ0n) is 36.4. The Hall–Kier alpha value is -3.22. The van der Waals surface area contributed by atoms with Crippen molar-refractivity contribution in [3.63, 3.8) is 0 Å². The van der Waals surface area contributed by atoms with Crippen LogP contribution in [0.4, 0.5) is 0 Å². The lowest BCUT2D eigenvalue weighted by atomic mass is 9.78. The van der Waals surface area contributed by atoms with Crippen LogP contribution in [-0.4, -0.2) is 155 Å². The van der Waals surface area contributed by atoms with E-state index in [2.05, 4.69) is 50.5 Å². The van der Waals surface area contributed by atoms with E-state index in [0.29, 0.717) is 98.1 Å². The van der Waals surface area contributed by atoms with E-state index in [0.717, 1.165) is 57.9 Å². The van der Waals surface area contributed by atoms with Crippen LogP contribution in [0.2, 0.25) is 0 Å². The topological polar surface area (TPSA) is 127 Å². The number of hydrogen-bond acceptors (Lipinski definition) is 12. The molecule has 0 aliphatic carbocycles. The molecule has 0 saturated carbocycles. The number of carbonyl (C=O) groups excluding carboxylic acids is 1. The van der Waals surface area contributed by atoms with Gasteiger partial charge in [0.1, 0.15) is 5.71 Å². The molecule has 2 aliphatic heterocycles. The largest absolute Gasteiger partial charge is 0.666 e. The molecule has 0 radical (unpaired) electrons. The summed E-state index contributed by atoms with van der Waals surface area (Å²) in [4.78, 5) is 12.5. The van der Waals surface area contributed by atoms with Gasteiger partial charge < -0.3 is 60.9 Å². The molecule has 58 heavy (non-hydrogen) atoms. The van der Waals surface area contributed by atoms with Crippen LogP contribution in [0.3, 0.4) is 0 Å². The van der Waals surface area contributed by atoms with Crippen molar-refractivity contribution in [2.24, 2.45) is 0 Å². The maximum atomic E-state index is 12.5. The van der Waals surface area contributed by atoms with Crippen LogP contribution in [0.25, 0.3) is 5.57 Å². The number of nitrogens with zero attached hydrogens (tertiary/aromatic N) is 2. The van der Waals surface area contributed by atoms with Crippen LogP contribution < -0.4 is 0 Å². The van der Waals surface area contributed by atoms with Crippen molar-refractivity contribution in [3.8, 4) is 0 Å². The Balaban J connectivity index is 1.65. The normalized spacial score (nSPS) is 14.8. The number of aromatic nitrogens is 1. The summed E-state index contributed by atoms with van der Waals surface area (Å²) in [6.07, 6.45) is 1.65. The van der Waals surface area contributed by atoms with Crippen LogP contribution in [-0.2, 0) is 58.4 Å². The Kier molecular flexibility index (Phi) is 20.3. The van der Waals surface area contributed by atoms with E-state index >= 15 is 0 Å². The zero-order valence-corrected chi connectivity index (χ0v) is 36.4. The standard InChI is InChI=1S/C43H67BN2O12/c1-10-38-32(3)41-40(36-12-14-37(15-13-36)43(47)50-9)42-33(4)39(11-2)35(6)46(42)44(45(41)34(38)5,57-30-28-55-26-24-53-22-20-51-18-16-48-7)58-31-29-56-27-25-54-23-21-52-19-17-49-8/h12-15H,10-11,16-31H2,1-9H3. The fourth-order valence-electron chi connectivity index (χ4n) is 7.92. The maximum Gasteiger partial charge on any atom is 0.666 e. The summed E-state index contributed by atoms with van der Waals surface area (Å²) in [5, 5.41) is 0. The van der Waals surface area contributed by atoms with Crippen LogP contribution in [0, 0.1) is 13.8 Å². The molecule has 2 aromatic rings. The smallest absolute Gasteiger partial charge is 0.482 e. The van der Waals surface area contributed by atoms with Gasteiger partial charge >= 0.3 is 12.8 Å². The lowest BCUT2D eigenvalue weighted by molar-refractivity contribution is -0.387. The molecule has 3 heterocycles. The van der Waals surface area contributed by atoms with Gasteiger partial charge in [-0.1, -0.05) is 26.0 Å². The number of esters is 1. The molecule has 0 unspecified atom stereocenters. The molecule has 2 aliphatic rings. The van der Waals surface area contributed by atoms with E-state index in [9.17, 15) is 4.79 Å². The molecule has 14 nitrogen and oxygen atoms in total. The Labute approximate surface area is 345 Å². The molecule has 15 heteroatoms. The van der Waals surface area contributed by atoms with Crippen molar-refractivity contribution in [1.82, 2.24) is 4.48 Å². The van der Waals surface area contributed by atoms with Gasteiger partial charge in [-0.3, -0.25) is 0 Å². The van der Waals surface area contributed by atoms with Gasteiger partial charge in [0.15, 0.2) is 5.70 Å². The summed E-state index contributed by atoms with van der Waals surface area (Å²) in [6, 6.07) is 7.65. The fraction of sp³-hybridized carbons (Fsp3) is 0.628. The first kappa shape index (κ1) is 47.5. The second-order valence-electron chi connectivity index (χ2n) is 14.0. The van der Waals surface area contributed by atoms with Crippen LogP contribution in [0.5, 0.6) is 0 Å². The summed E-state index contributed by atoms with van der Waals surface area (Å²) in [7, 11) is 4.69. The number of carbonyl (C=O) groups is 1. The highest BCUT2D eigenvalue weighted by atomic mass is 16.7. The molecule has 1 aromatic heterocycles. The number of allylic oxidation sites excluding steroid dienone is 2. The minimum absolute atomic E-state index is 0.263. The number of ether oxygens (including phenoxy) is 9. The van der Waals surface area contributed by atoms with E-state index in [4.69, 9.17) is 51.9 Å². The Morgan fingerprint density at radius 1 is 0.621 bits per heavy atom. The molecule has 0 spiro atoms. The molecular formula is C43H67BN2O12. The van der Waals surface area contributed by atoms with E-state index < -0.39 is 6.82 Å². The average molecular weight is 815 g/mol. The first-order valence-corrected chi connectivity index (χ1v) is 20.6. The Bertz CT molecular complexity index is 1670. The van der Waals surface area contributed by atoms with Gasteiger partial charge in [0.25, 0.3) is 0 Å². The molecule has 0 N–H and O–H groups in total. The quantitative estimate of drug-likeness (QED) is 0.0589. The van der Waals surface area contributed by atoms with Crippen molar-refractivity contribution in [2.75, 3.05) is 127 Å². The Morgan fingerprint density at radius 3 is 1.48 bits per heavy atom. The molecule has 0 bridgehead atoms. The molecule has 0 amide bonds. The third-order valence-electron chi connectivity index (χ3n) is 10.6. The van der Waals surface area contributed by atoms with Gasteiger partial charge in [0.05, 0.1) is 111 Å². The van der Waals surface area contributed by atoms with Gasteiger partial charge in [-0.05, 0) is 68.1 Å². The van der Waals surface area contributed by atoms with E-state index in [1.54, 1.807) is 14.2 Å². The third-order valence-corrected chi connectivity index (χ3v) is 10.6. The van der Waals surface area contributed by atoms with Crippen molar-refractivity contribution >= 4 is 24.1 Å². The highest BCUT2D eigenvalue weighted by Gasteiger charge is 2.58. The molecule has 1 aromatic carbocycles. The number of hydrogen-bond donors (Lipinski definition) is 0. The highest BCUT2D eigenvalue weighted by molar-refractivity contribution is 6.60. The third kappa shape index (κ3) is 11.5. The summed E-state index contributed by atoms with van der Waals surface area (Å²) < 4.78 is 68.3. The molecule has 0 atom stereocenters. The van der Waals surface area contributed by atoms with E-state index in [1.807, 2.05) is 24.3 Å². The summed E-state index contributed by atoms with van der Waals surface area (Å²) >= 11 is 0. The molecule has 0 saturated heterocycles. The lowest BCUT2D eigenvalue weighted by Gasteiger charge is -2.43. The van der Waals surface area contributed by atoms with Crippen molar-refractivity contribution in [2.45, 2.75) is 54.4 Å². The minimum atomic E-state index is -2.40. The van der Waals surface area contributed by atoms with Crippen molar-refractivity contribution in [1.29, 1.82) is 0 Å². The minimum Gasteiger partial charge on any atom is -0.482 e. The van der Waals surface area contributed by atoms with E-state index in [1.165, 1.54) is 18.2 Å². The lowest BCUT2D eigenvalue weighted by Crippen LogP contribution is -2.63. The fourth-order valence-corrected chi connectivity index (χ4v) is 7.92. The number of benzene rings is 1. The van der Waals surface area contributed by atoms with Crippen LogP contribution in [0.1, 0.15) is 72.6 Å². The first-order chi connectivity index (χ1) is 28.2. The van der Waals surface area contributed by atoms with Crippen LogP contribution >= 0.6 is 0 Å². The van der Waals surface area contributed by atoms with Crippen LogP contribution in [0.15, 0.2) is 41.1 Å². The monoisotopic (exact) mass is 814 g/mol. The predicted octanol–water partition coefficient (Wildman–Crippen LogP) is 5.15.